The second-order valence-corrected chi connectivity index (χ2v) is 22.2. The molecule has 6 rings (SSSR count). The van der Waals surface area contributed by atoms with Gasteiger partial charge in [0.05, 0.1) is 28.6 Å². The number of aromatic nitrogens is 1. The molecule has 3 heterocycles. The van der Waals surface area contributed by atoms with Crippen molar-refractivity contribution in [1.82, 2.24) is 4.73 Å². The lowest BCUT2D eigenvalue weighted by atomic mass is 9.76. The van der Waals surface area contributed by atoms with Gasteiger partial charge in [0.25, 0.3) is 0 Å². The molecule has 4 atom stereocenters. The second-order valence-electron chi connectivity index (χ2n) is 22.2. The molecule has 4 N–H and O–H groups in total. The number of nitrogens with zero attached hydrogens (tertiary/aromatic N) is 3. The van der Waals surface area contributed by atoms with E-state index < -0.39 is 16.9 Å². The maximum Gasteiger partial charge on any atom is 0.337 e. The topological polar surface area (TPSA) is 132 Å². The van der Waals surface area contributed by atoms with Crippen LogP contribution >= 0.6 is 0 Å². The molecule has 0 spiro atoms. The summed E-state index contributed by atoms with van der Waals surface area (Å²) in [6.45, 7) is 25.8. The van der Waals surface area contributed by atoms with Crippen molar-refractivity contribution in [3.05, 3.63) is 107 Å². The molecule has 1 saturated carbocycles. The van der Waals surface area contributed by atoms with Gasteiger partial charge in [0.1, 0.15) is 6.54 Å². The summed E-state index contributed by atoms with van der Waals surface area (Å²) in [7, 11) is 1.73. The highest BCUT2D eigenvalue weighted by atomic mass is 16.7. The predicted molar refractivity (Wildman–Crippen MR) is 278 cm³/mol. The van der Waals surface area contributed by atoms with Crippen molar-refractivity contribution in [2.24, 2.45) is 29.4 Å². The van der Waals surface area contributed by atoms with E-state index in [0.717, 1.165) is 91.4 Å². The van der Waals surface area contributed by atoms with E-state index in [4.69, 9.17) is 24.8 Å². The quantitative estimate of drug-likeness (QED) is 0.0388. The Morgan fingerprint density at radius 2 is 1.61 bits per heavy atom. The zero-order valence-electron chi connectivity index (χ0n) is 43.9. The molecule has 1 aromatic heterocycles. The number of carbonyl (C=O) groups excluding carboxylic acids is 1. The third-order valence-electron chi connectivity index (χ3n) is 14.9. The Labute approximate surface area is 414 Å². The van der Waals surface area contributed by atoms with Crippen molar-refractivity contribution in [2.45, 2.75) is 156 Å². The number of anilines is 1. The van der Waals surface area contributed by atoms with Crippen LogP contribution in [-0.4, -0.2) is 82.4 Å². The highest BCUT2D eigenvalue weighted by molar-refractivity contribution is 6.03. The van der Waals surface area contributed by atoms with Gasteiger partial charge in [-0.15, -0.1) is 4.73 Å². The maximum absolute atomic E-state index is 13.2. The van der Waals surface area contributed by atoms with Crippen LogP contribution in [0.1, 0.15) is 144 Å². The van der Waals surface area contributed by atoms with Crippen LogP contribution in [0, 0.1) is 23.7 Å². The zero-order valence-corrected chi connectivity index (χ0v) is 43.9. The van der Waals surface area contributed by atoms with Gasteiger partial charge < -0.3 is 39.9 Å². The number of fused-ring (bicyclic) bond motifs is 2. The van der Waals surface area contributed by atoms with E-state index in [1.54, 1.807) is 7.11 Å². The first-order valence-corrected chi connectivity index (χ1v) is 25.8. The van der Waals surface area contributed by atoms with Crippen LogP contribution in [0.2, 0.25) is 0 Å². The number of ether oxygens (including phenoxy) is 3. The van der Waals surface area contributed by atoms with E-state index in [2.05, 4.69) is 145 Å². The summed E-state index contributed by atoms with van der Waals surface area (Å²) in [5.74, 6) is 1.23. The number of methoxy groups -OCH3 is 1. The van der Waals surface area contributed by atoms with Crippen molar-refractivity contribution in [3.63, 3.8) is 0 Å². The summed E-state index contributed by atoms with van der Waals surface area (Å²) in [6, 6.07) is 17.5. The Balaban J connectivity index is 1.33. The van der Waals surface area contributed by atoms with Crippen molar-refractivity contribution in [2.75, 3.05) is 44.9 Å². The van der Waals surface area contributed by atoms with Crippen LogP contribution in [0.15, 0.2) is 90.7 Å². The van der Waals surface area contributed by atoms with Gasteiger partial charge in [-0.25, -0.2) is 4.79 Å². The van der Waals surface area contributed by atoms with E-state index in [1.807, 2.05) is 6.07 Å². The van der Waals surface area contributed by atoms with Crippen LogP contribution in [0.4, 0.5) is 11.4 Å². The summed E-state index contributed by atoms with van der Waals surface area (Å²) in [5.41, 5.74) is 13.7. The number of hydrogen-bond acceptors (Lipinski definition) is 9. The summed E-state index contributed by atoms with van der Waals surface area (Å²) in [4.78, 5) is 21.1. The van der Waals surface area contributed by atoms with E-state index in [0.29, 0.717) is 37.4 Å². The van der Waals surface area contributed by atoms with Crippen LogP contribution in [-0.2, 0) is 36.4 Å². The molecule has 0 saturated heterocycles. The molecule has 0 bridgehead atoms. The Kier molecular flexibility index (Phi) is 17.9. The lowest BCUT2D eigenvalue weighted by Crippen LogP contribution is -2.42. The lowest BCUT2D eigenvalue weighted by molar-refractivity contribution is -0.438. The summed E-state index contributed by atoms with van der Waals surface area (Å²) >= 11 is 0. The highest BCUT2D eigenvalue weighted by Crippen LogP contribution is 2.51. The van der Waals surface area contributed by atoms with Gasteiger partial charge in [0, 0.05) is 86.7 Å². The first-order chi connectivity index (χ1) is 32.7. The fourth-order valence-electron chi connectivity index (χ4n) is 10.0. The molecule has 0 amide bonds. The molecule has 4 unspecified atom stereocenters. The molecule has 1 fully saturated rings. The fourth-order valence-corrected chi connectivity index (χ4v) is 10.0. The van der Waals surface area contributed by atoms with Crippen molar-refractivity contribution < 1.29 is 38.6 Å². The van der Waals surface area contributed by atoms with E-state index >= 15 is 0 Å². The Morgan fingerprint density at radius 3 is 2.29 bits per heavy atom. The largest absolute Gasteiger partial charge is 0.492 e. The van der Waals surface area contributed by atoms with E-state index in [9.17, 15) is 15.0 Å². The Bertz CT molecular complexity index is 2320. The number of para-hydroxylation sites is 1. The van der Waals surface area contributed by atoms with Crippen LogP contribution in [0.3, 0.4) is 0 Å². The number of nitrogens with two attached hydrogens (primary N) is 1. The van der Waals surface area contributed by atoms with Gasteiger partial charge in [0.2, 0.25) is 17.4 Å². The molecule has 2 aliphatic heterocycles. The van der Waals surface area contributed by atoms with E-state index in [1.165, 1.54) is 41.9 Å². The normalized spacial score (nSPS) is 22.1. The summed E-state index contributed by atoms with van der Waals surface area (Å²) < 4.78 is 21.7. The number of benzene rings is 2. The third-order valence-corrected chi connectivity index (χ3v) is 14.9. The molecule has 1 aliphatic carbocycles. The minimum atomic E-state index is -0.682. The first-order valence-electron chi connectivity index (χ1n) is 25.8. The summed E-state index contributed by atoms with van der Waals surface area (Å²) in [5, 5.41) is 20.2. The highest BCUT2D eigenvalue weighted by Gasteiger charge is 2.49. The van der Waals surface area contributed by atoms with Crippen LogP contribution in [0.25, 0.3) is 0 Å². The molecule has 2 aromatic carbocycles. The first kappa shape index (κ1) is 53.7. The molecule has 11 nitrogen and oxygen atoms in total. The van der Waals surface area contributed by atoms with Crippen molar-refractivity contribution in [3.8, 4) is 11.8 Å². The SMILES string of the molecule is CCC1CC1CN1\C(=C/C=C/C=C/C2=[N+](CCCC(C)C)c3ccc(CC(=O)On4c(O)ccc4O)cc3C2(C)CCOCCC(C)(C)OC)C(N)(CCC(C)(C)OCCC(C)C)c2ccccc21. The van der Waals surface area contributed by atoms with Gasteiger partial charge in [-0.3, -0.25) is 0 Å². The molecular weight excluding hydrogens is 865 g/mol. The van der Waals surface area contributed by atoms with Crippen molar-refractivity contribution >= 4 is 23.1 Å². The van der Waals surface area contributed by atoms with E-state index in [-0.39, 0.29) is 29.4 Å². The number of aromatic hydroxyl groups is 2. The fraction of sp³-hybridized carbons (Fsp3) is 0.586. The Hall–Kier alpha value is -4.68. The van der Waals surface area contributed by atoms with Gasteiger partial charge in [-0.1, -0.05) is 83.5 Å². The molecule has 3 aliphatic rings. The number of carbonyl (C=O) groups is 1. The smallest absolute Gasteiger partial charge is 0.337 e. The number of allylic oxidation sites excluding steroid dienone is 5. The standard InChI is InChI=1S/C58H84N4O7/c1-12-44-39-45(44)40-61-48-21-17-16-20-46(48)58(59,30-29-56(8,9)68-34-28-42(4)5)51(61)23-15-13-14-22-50-57(10,32-36-67-35-31-55(6,7)66-11)47-37-43(24-25-49(47)60(50)33-18-19-41(2)3)38-54(65)69-62-52(63)26-27-53(62)64/h13-17,20-27,37,41-42,44-45H,12,18-19,28-36,38-40,59H2,1-11H3,(H-,63,64)/p+1. The molecule has 11 heteroatoms. The molecule has 69 heavy (non-hydrogen) atoms. The molecule has 0 radical (unpaired) electrons. The second kappa shape index (κ2) is 23.0. The summed E-state index contributed by atoms with van der Waals surface area (Å²) in [6.07, 6.45) is 19.6. The van der Waals surface area contributed by atoms with Crippen molar-refractivity contribution in [1.29, 1.82) is 0 Å². The maximum atomic E-state index is 13.2. The van der Waals surface area contributed by atoms with Gasteiger partial charge in [-0.2, -0.15) is 4.58 Å². The van der Waals surface area contributed by atoms with Gasteiger partial charge in [-0.05, 0) is 127 Å². The average Bonchev–Trinajstić information content (AvgIpc) is 3.86. The minimum absolute atomic E-state index is 0.0506. The molecule has 378 valence electrons. The molecule has 3 aromatic rings. The van der Waals surface area contributed by atoms with Gasteiger partial charge >= 0.3 is 5.97 Å². The van der Waals surface area contributed by atoms with Crippen LogP contribution < -0.4 is 15.5 Å². The monoisotopic (exact) mass is 950 g/mol. The minimum Gasteiger partial charge on any atom is -0.492 e. The zero-order chi connectivity index (χ0) is 50.1. The number of rotatable bonds is 27. The molecular formula is C58H85N4O7+. The Morgan fingerprint density at radius 1 is 0.884 bits per heavy atom. The lowest BCUT2D eigenvalue weighted by Gasteiger charge is -2.34. The van der Waals surface area contributed by atoms with Gasteiger partial charge in [0.15, 0.2) is 5.71 Å². The average molecular weight is 950 g/mol. The third kappa shape index (κ3) is 13.4. The van der Waals surface area contributed by atoms with Crippen LogP contribution in [0.5, 0.6) is 11.8 Å². The predicted octanol–water partition coefficient (Wildman–Crippen LogP) is 11.4. The number of hydrogen-bond donors (Lipinski definition) is 3.